The topological polar surface area (TPSA) is 25.8 Å². The fourth-order valence-electron chi connectivity index (χ4n) is 10.3. The van der Waals surface area contributed by atoms with Crippen LogP contribution in [0.4, 0.5) is 0 Å². The molecule has 0 N–H and O–H groups in total. The molecule has 0 saturated carbocycles. The minimum absolute atomic E-state index is 0.498. The van der Waals surface area contributed by atoms with Gasteiger partial charge in [-0.25, -0.2) is 0 Å². The van der Waals surface area contributed by atoms with Gasteiger partial charge in [-0.2, -0.15) is 0 Å². The third-order valence-electron chi connectivity index (χ3n) is 13.5. The molecule has 0 radical (unpaired) electrons. The van der Waals surface area contributed by atoms with Gasteiger partial charge in [-0.05, 0) is 161 Å². The van der Waals surface area contributed by atoms with Gasteiger partial charge in [-0.1, -0.05) is 182 Å². The van der Waals surface area contributed by atoms with Crippen LogP contribution in [0.15, 0.2) is 267 Å². The third-order valence-corrected chi connectivity index (χ3v) is 13.5. The van der Waals surface area contributed by atoms with Crippen molar-refractivity contribution in [2.24, 2.45) is 0 Å². The van der Waals surface area contributed by atoms with E-state index in [4.69, 9.17) is 0 Å². The minimum Gasteiger partial charge on any atom is -0.264 e. The van der Waals surface area contributed by atoms with Gasteiger partial charge in [0, 0.05) is 35.9 Å². The van der Waals surface area contributed by atoms with Gasteiger partial charge in [-0.15, -0.1) is 0 Å². The fourth-order valence-corrected chi connectivity index (χ4v) is 10.3. The van der Waals surface area contributed by atoms with E-state index < -0.39 is 5.41 Å². The summed E-state index contributed by atoms with van der Waals surface area (Å²) < 4.78 is 0. The molecule has 2 nitrogen and oxygen atoms in total. The van der Waals surface area contributed by atoms with Crippen molar-refractivity contribution in [3.05, 3.63) is 290 Å². The predicted octanol–water partition coefficient (Wildman–Crippen LogP) is 16.5. The SMILES string of the molecule is c1ccc(C2(c3ccccc3)c3ccccc3-c3ccc(-c4cc(-c5cccc(-c6cccc(-c7cccnc7)c6)c5)cc(-c5cccc(-c6cccc(-c7cccnc7)c6)c5)c4)cc32)cc1. The highest BCUT2D eigenvalue weighted by atomic mass is 14.6. The first-order valence-electron chi connectivity index (χ1n) is 22.9. The molecule has 2 heteroatoms. The van der Waals surface area contributed by atoms with Crippen LogP contribution in [0.2, 0.25) is 0 Å². The number of hydrogen-bond donors (Lipinski definition) is 0. The van der Waals surface area contributed by atoms with E-state index in [9.17, 15) is 0 Å². The summed E-state index contributed by atoms with van der Waals surface area (Å²) >= 11 is 0. The molecular formula is C65H44N2. The Kier molecular flexibility index (Phi) is 10.1. The maximum absolute atomic E-state index is 4.39. The third kappa shape index (κ3) is 7.26. The van der Waals surface area contributed by atoms with Crippen LogP contribution in [-0.2, 0) is 5.41 Å². The molecule has 0 atom stereocenters. The number of hydrogen-bond acceptors (Lipinski definition) is 2. The van der Waals surface area contributed by atoms with Crippen LogP contribution >= 0.6 is 0 Å². The van der Waals surface area contributed by atoms with Crippen LogP contribution in [0.5, 0.6) is 0 Å². The maximum Gasteiger partial charge on any atom is 0.0713 e. The summed E-state index contributed by atoms with van der Waals surface area (Å²) in [4.78, 5) is 8.78. The number of fused-ring (bicyclic) bond motifs is 3. The molecule has 1 aliphatic carbocycles. The Morgan fingerprint density at radius 3 is 1.00 bits per heavy atom. The number of benzene rings is 9. The molecular weight excluding hydrogens is 809 g/mol. The molecule has 67 heavy (non-hydrogen) atoms. The van der Waals surface area contributed by atoms with E-state index in [0.29, 0.717) is 0 Å². The second-order valence-electron chi connectivity index (χ2n) is 17.4. The van der Waals surface area contributed by atoms with Crippen LogP contribution in [0.25, 0.3) is 89.0 Å². The summed E-state index contributed by atoms with van der Waals surface area (Å²) in [5.74, 6) is 0. The lowest BCUT2D eigenvalue weighted by atomic mass is 9.67. The molecule has 11 aromatic rings. The van der Waals surface area contributed by atoms with E-state index in [1.54, 1.807) is 0 Å². The minimum atomic E-state index is -0.498. The second-order valence-corrected chi connectivity index (χ2v) is 17.4. The van der Waals surface area contributed by atoms with Crippen molar-refractivity contribution < 1.29 is 0 Å². The van der Waals surface area contributed by atoms with Gasteiger partial charge in [0.25, 0.3) is 0 Å². The lowest BCUT2D eigenvalue weighted by Gasteiger charge is -2.34. The number of rotatable bonds is 9. The van der Waals surface area contributed by atoms with Crippen molar-refractivity contribution in [1.29, 1.82) is 0 Å². The fraction of sp³-hybridized carbons (Fsp3) is 0.0154. The quantitative estimate of drug-likeness (QED) is 0.145. The van der Waals surface area contributed by atoms with Crippen molar-refractivity contribution in [3.8, 4) is 89.0 Å². The summed E-state index contributed by atoms with van der Waals surface area (Å²) in [7, 11) is 0. The summed E-state index contributed by atoms with van der Waals surface area (Å²) in [6.07, 6.45) is 7.50. The van der Waals surface area contributed by atoms with Crippen molar-refractivity contribution in [1.82, 2.24) is 9.97 Å². The molecule has 314 valence electrons. The molecule has 1 aliphatic rings. The molecule has 0 bridgehead atoms. The van der Waals surface area contributed by atoms with E-state index in [1.165, 1.54) is 38.9 Å². The highest BCUT2D eigenvalue weighted by Crippen LogP contribution is 2.57. The second kappa shape index (κ2) is 17.0. The molecule has 0 amide bonds. The zero-order chi connectivity index (χ0) is 44.6. The normalized spacial score (nSPS) is 12.3. The number of aromatic nitrogens is 2. The average molecular weight is 853 g/mol. The van der Waals surface area contributed by atoms with E-state index >= 15 is 0 Å². The van der Waals surface area contributed by atoms with E-state index in [1.807, 2.05) is 36.9 Å². The highest BCUT2D eigenvalue weighted by Gasteiger charge is 2.46. The predicted molar refractivity (Wildman–Crippen MR) is 277 cm³/mol. The smallest absolute Gasteiger partial charge is 0.0713 e. The molecule has 0 aliphatic heterocycles. The van der Waals surface area contributed by atoms with Crippen molar-refractivity contribution >= 4 is 0 Å². The lowest BCUT2D eigenvalue weighted by molar-refractivity contribution is 0.769. The van der Waals surface area contributed by atoms with Gasteiger partial charge in [0.1, 0.15) is 0 Å². The number of pyridine rings is 2. The Bertz CT molecular complexity index is 3380. The summed E-state index contributed by atoms with van der Waals surface area (Å²) in [6, 6.07) is 89.0. The zero-order valence-electron chi connectivity index (χ0n) is 36.8. The monoisotopic (exact) mass is 852 g/mol. The molecule has 0 saturated heterocycles. The van der Waals surface area contributed by atoms with Crippen LogP contribution in [-0.4, -0.2) is 9.97 Å². The largest absolute Gasteiger partial charge is 0.264 e. The lowest BCUT2D eigenvalue weighted by Crippen LogP contribution is -2.28. The summed E-state index contributed by atoms with van der Waals surface area (Å²) in [6.45, 7) is 0. The molecule has 9 aromatic carbocycles. The summed E-state index contributed by atoms with van der Waals surface area (Å²) in [5, 5.41) is 0. The first kappa shape index (κ1) is 39.8. The van der Waals surface area contributed by atoms with Crippen molar-refractivity contribution in [2.75, 3.05) is 0 Å². The number of nitrogens with zero attached hydrogens (tertiary/aromatic N) is 2. The van der Waals surface area contributed by atoms with Crippen LogP contribution < -0.4 is 0 Å². The first-order chi connectivity index (χ1) is 33.2. The van der Waals surface area contributed by atoms with Gasteiger partial charge >= 0.3 is 0 Å². The maximum atomic E-state index is 4.39. The van der Waals surface area contributed by atoms with E-state index in [2.05, 4.69) is 240 Å². The summed E-state index contributed by atoms with van der Waals surface area (Å²) in [5.41, 5.74) is 23.3. The Morgan fingerprint density at radius 2 is 0.567 bits per heavy atom. The molecule has 0 fully saturated rings. The van der Waals surface area contributed by atoms with E-state index in [-0.39, 0.29) is 0 Å². The molecule has 12 rings (SSSR count). The molecule has 2 aromatic heterocycles. The molecule has 2 heterocycles. The van der Waals surface area contributed by atoms with E-state index in [0.717, 1.165) is 72.3 Å². The highest BCUT2D eigenvalue weighted by molar-refractivity contribution is 5.90. The van der Waals surface area contributed by atoms with Gasteiger partial charge in [0.2, 0.25) is 0 Å². The van der Waals surface area contributed by atoms with Gasteiger partial charge in [0.05, 0.1) is 5.41 Å². The van der Waals surface area contributed by atoms with Crippen LogP contribution in [0.3, 0.4) is 0 Å². The van der Waals surface area contributed by atoms with Gasteiger partial charge in [-0.3, -0.25) is 9.97 Å². The van der Waals surface area contributed by atoms with Gasteiger partial charge in [0.15, 0.2) is 0 Å². The average Bonchev–Trinajstić information content (AvgIpc) is 3.72. The van der Waals surface area contributed by atoms with Crippen LogP contribution in [0, 0.1) is 0 Å². The Morgan fingerprint density at radius 1 is 0.224 bits per heavy atom. The Labute approximate surface area is 392 Å². The first-order valence-corrected chi connectivity index (χ1v) is 22.9. The van der Waals surface area contributed by atoms with Crippen LogP contribution in [0.1, 0.15) is 22.3 Å². The van der Waals surface area contributed by atoms with Crippen molar-refractivity contribution in [2.45, 2.75) is 5.41 Å². The van der Waals surface area contributed by atoms with Gasteiger partial charge < -0.3 is 0 Å². The molecule has 0 unspecified atom stereocenters. The van der Waals surface area contributed by atoms with Crippen molar-refractivity contribution in [3.63, 3.8) is 0 Å². The zero-order valence-corrected chi connectivity index (χ0v) is 36.8. The Hall–Kier alpha value is -8.72. The standard InChI is InChI=1S/C65H44N2/c1-3-25-59(26-4-1)65(60-27-5-2-6-28-60)63-30-8-7-29-61(63)62-32-31-53(42-64(62)65)58-40-56(51-21-11-17-47(37-51)45-15-9-19-49(35-45)54-23-13-33-66-43-54)39-57(41-58)52-22-12-18-48(38-52)46-16-10-20-50(36-46)55-24-14-34-67-44-55/h1-44H. The molecule has 0 spiro atoms. The Balaban J connectivity index is 1.03.